The van der Waals surface area contributed by atoms with Gasteiger partial charge in [-0.25, -0.2) is 0 Å². The lowest BCUT2D eigenvalue weighted by atomic mass is 9.95. The minimum atomic E-state index is 0. The number of rotatable bonds is 6. The van der Waals surface area contributed by atoms with Crippen LogP contribution in [-0.2, 0) is 6.54 Å². The molecule has 0 unspecified atom stereocenters. The highest BCUT2D eigenvalue weighted by Crippen LogP contribution is 2.26. The molecule has 0 spiro atoms. The molecule has 0 bridgehead atoms. The zero-order valence-corrected chi connectivity index (χ0v) is 17.5. The Bertz CT molecular complexity index is 861. The van der Waals surface area contributed by atoms with Crippen LogP contribution in [0.5, 0.6) is 5.75 Å². The lowest BCUT2D eigenvalue weighted by Gasteiger charge is -2.33. The standard InChI is InChI=1S/C23H26N2O3.ClH/c1-28-20-8-6-18(7-9-20)22(26)16-24-12-10-17(11-13-24)14-25-15-19-4-2-3-5-21(19)23(25)27;/h2-9,17H,10-16H2,1H3;1H. The number of ketones is 1. The first kappa shape index (κ1) is 21.3. The highest BCUT2D eigenvalue weighted by molar-refractivity contribution is 5.98. The summed E-state index contributed by atoms with van der Waals surface area (Å²) in [6.45, 7) is 3.80. The van der Waals surface area contributed by atoms with Gasteiger partial charge in [0, 0.05) is 24.2 Å². The van der Waals surface area contributed by atoms with Gasteiger partial charge in [-0.2, -0.15) is 0 Å². The van der Waals surface area contributed by atoms with Crippen molar-refractivity contribution in [2.45, 2.75) is 19.4 Å². The fourth-order valence-corrected chi connectivity index (χ4v) is 4.17. The molecule has 0 N–H and O–H groups in total. The molecule has 2 aliphatic heterocycles. The third-order valence-corrected chi connectivity index (χ3v) is 5.86. The van der Waals surface area contributed by atoms with Gasteiger partial charge in [-0.15, -0.1) is 12.4 Å². The zero-order chi connectivity index (χ0) is 19.5. The Morgan fingerprint density at radius 3 is 2.41 bits per heavy atom. The van der Waals surface area contributed by atoms with Crippen molar-refractivity contribution >= 4 is 24.1 Å². The van der Waals surface area contributed by atoms with E-state index in [0.717, 1.165) is 61.5 Å². The molecule has 2 aliphatic rings. The van der Waals surface area contributed by atoms with Gasteiger partial charge < -0.3 is 9.64 Å². The number of benzene rings is 2. The molecule has 1 saturated heterocycles. The maximum absolute atomic E-state index is 12.5. The summed E-state index contributed by atoms with van der Waals surface area (Å²) >= 11 is 0. The first-order valence-electron chi connectivity index (χ1n) is 9.91. The number of carbonyl (C=O) groups excluding carboxylic acids is 2. The Balaban J connectivity index is 0.00000240. The fourth-order valence-electron chi connectivity index (χ4n) is 4.17. The average Bonchev–Trinajstić information content (AvgIpc) is 3.05. The summed E-state index contributed by atoms with van der Waals surface area (Å²) in [4.78, 5) is 29.3. The molecule has 0 saturated carbocycles. The van der Waals surface area contributed by atoms with Crippen molar-refractivity contribution in [3.8, 4) is 5.75 Å². The van der Waals surface area contributed by atoms with E-state index in [-0.39, 0.29) is 24.1 Å². The number of halogens is 1. The highest BCUT2D eigenvalue weighted by Gasteiger charge is 2.30. The molecule has 5 nitrogen and oxygen atoms in total. The molecule has 2 heterocycles. The largest absolute Gasteiger partial charge is 0.497 e. The average molecular weight is 415 g/mol. The number of methoxy groups -OCH3 is 1. The minimum Gasteiger partial charge on any atom is -0.497 e. The summed E-state index contributed by atoms with van der Waals surface area (Å²) in [6.07, 6.45) is 2.05. The number of hydrogen-bond acceptors (Lipinski definition) is 4. The molecule has 29 heavy (non-hydrogen) atoms. The first-order chi connectivity index (χ1) is 13.6. The fraction of sp³-hybridized carbons (Fsp3) is 0.391. The molecule has 2 aromatic rings. The molecule has 1 amide bonds. The monoisotopic (exact) mass is 414 g/mol. The SMILES string of the molecule is COc1ccc(C(=O)CN2CCC(CN3Cc4ccccc4C3=O)CC2)cc1.Cl. The Labute approximate surface area is 178 Å². The van der Waals surface area contributed by atoms with E-state index >= 15 is 0 Å². The van der Waals surface area contributed by atoms with Crippen molar-refractivity contribution in [2.24, 2.45) is 5.92 Å². The molecular formula is C23H27ClN2O3. The van der Waals surface area contributed by atoms with Gasteiger partial charge in [0.25, 0.3) is 5.91 Å². The van der Waals surface area contributed by atoms with Crippen LogP contribution in [0.25, 0.3) is 0 Å². The number of nitrogens with zero attached hydrogens (tertiary/aromatic N) is 2. The summed E-state index contributed by atoms with van der Waals surface area (Å²) in [5.41, 5.74) is 2.71. The molecule has 154 valence electrons. The number of amides is 1. The quantitative estimate of drug-likeness (QED) is 0.677. The Morgan fingerprint density at radius 1 is 1.07 bits per heavy atom. The predicted molar refractivity (Wildman–Crippen MR) is 115 cm³/mol. The summed E-state index contributed by atoms with van der Waals surface area (Å²) in [5.74, 6) is 1.57. The smallest absolute Gasteiger partial charge is 0.254 e. The van der Waals surface area contributed by atoms with E-state index < -0.39 is 0 Å². The van der Waals surface area contributed by atoms with Crippen LogP contribution < -0.4 is 4.74 Å². The summed E-state index contributed by atoms with van der Waals surface area (Å²) in [6, 6.07) is 15.2. The number of piperidine rings is 1. The maximum Gasteiger partial charge on any atom is 0.254 e. The summed E-state index contributed by atoms with van der Waals surface area (Å²) in [7, 11) is 1.62. The number of likely N-dealkylation sites (tertiary alicyclic amines) is 1. The van der Waals surface area contributed by atoms with Gasteiger partial charge in [-0.05, 0) is 67.7 Å². The van der Waals surface area contributed by atoms with Gasteiger partial charge in [0.05, 0.1) is 13.7 Å². The summed E-state index contributed by atoms with van der Waals surface area (Å²) in [5, 5.41) is 0. The van der Waals surface area contributed by atoms with Crippen molar-refractivity contribution in [3.05, 3.63) is 65.2 Å². The van der Waals surface area contributed by atoms with Gasteiger partial charge in [-0.3, -0.25) is 14.5 Å². The topological polar surface area (TPSA) is 49.9 Å². The van der Waals surface area contributed by atoms with E-state index in [0.29, 0.717) is 12.5 Å². The normalized spacial score (nSPS) is 17.0. The lowest BCUT2D eigenvalue weighted by Crippen LogP contribution is -2.40. The molecule has 1 fully saturated rings. The van der Waals surface area contributed by atoms with Crippen LogP contribution in [0.3, 0.4) is 0 Å². The van der Waals surface area contributed by atoms with Crippen LogP contribution in [0.2, 0.25) is 0 Å². The van der Waals surface area contributed by atoms with Gasteiger partial charge in [-0.1, -0.05) is 18.2 Å². The molecule has 0 radical (unpaired) electrons. The number of hydrogen-bond donors (Lipinski definition) is 0. The zero-order valence-electron chi connectivity index (χ0n) is 16.7. The van der Waals surface area contributed by atoms with Gasteiger partial charge in [0.15, 0.2) is 5.78 Å². The maximum atomic E-state index is 12.5. The van der Waals surface area contributed by atoms with Crippen LogP contribution in [0.1, 0.15) is 39.1 Å². The van der Waals surface area contributed by atoms with Crippen molar-refractivity contribution in [1.82, 2.24) is 9.80 Å². The van der Waals surface area contributed by atoms with Crippen molar-refractivity contribution < 1.29 is 14.3 Å². The second kappa shape index (κ2) is 9.42. The Morgan fingerprint density at radius 2 is 1.76 bits per heavy atom. The van der Waals surface area contributed by atoms with Crippen LogP contribution >= 0.6 is 12.4 Å². The van der Waals surface area contributed by atoms with Gasteiger partial charge in [0.2, 0.25) is 0 Å². The van der Waals surface area contributed by atoms with Crippen molar-refractivity contribution in [1.29, 1.82) is 0 Å². The number of Topliss-reactive ketones (excluding diaryl/α,β-unsaturated/α-hetero) is 1. The molecule has 0 atom stereocenters. The number of carbonyl (C=O) groups is 2. The van der Waals surface area contributed by atoms with E-state index in [4.69, 9.17) is 4.74 Å². The van der Waals surface area contributed by atoms with Gasteiger partial charge in [0.1, 0.15) is 5.75 Å². The van der Waals surface area contributed by atoms with Crippen molar-refractivity contribution in [3.63, 3.8) is 0 Å². The van der Waals surface area contributed by atoms with E-state index in [1.54, 1.807) is 7.11 Å². The number of fused-ring (bicyclic) bond motifs is 1. The van der Waals surface area contributed by atoms with Crippen LogP contribution in [0.4, 0.5) is 0 Å². The highest BCUT2D eigenvalue weighted by atomic mass is 35.5. The van der Waals surface area contributed by atoms with E-state index in [2.05, 4.69) is 4.90 Å². The third-order valence-electron chi connectivity index (χ3n) is 5.86. The first-order valence-corrected chi connectivity index (χ1v) is 9.91. The van der Waals surface area contributed by atoms with E-state index in [1.165, 1.54) is 0 Å². The van der Waals surface area contributed by atoms with Gasteiger partial charge >= 0.3 is 0 Å². The number of ether oxygens (including phenoxy) is 1. The molecule has 2 aromatic carbocycles. The molecule has 0 aliphatic carbocycles. The second-order valence-corrected chi connectivity index (χ2v) is 7.71. The summed E-state index contributed by atoms with van der Waals surface area (Å²) < 4.78 is 5.14. The van der Waals surface area contributed by atoms with E-state index in [1.807, 2.05) is 53.4 Å². The molecule has 0 aromatic heterocycles. The van der Waals surface area contributed by atoms with Crippen LogP contribution in [0, 0.1) is 5.92 Å². The molecule has 6 heteroatoms. The molecule has 4 rings (SSSR count). The Kier molecular flexibility index (Phi) is 6.93. The van der Waals surface area contributed by atoms with Crippen LogP contribution in [0.15, 0.2) is 48.5 Å². The minimum absolute atomic E-state index is 0. The van der Waals surface area contributed by atoms with E-state index in [9.17, 15) is 9.59 Å². The molecular weight excluding hydrogens is 388 g/mol. The Hall–Kier alpha value is -2.37. The lowest BCUT2D eigenvalue weighted by molar-refractivity contribution is 0.0707. The second-order valence-electron chi connectivity index (χ2n) is 7.71. The van der Waals surface area contributed by atoms with Crippen LogP contribution in [-0.4, -0.2) is 54.8 Å². The van der Waals surface area contributed by atoms with Crippen molar-refractivity contribution in [2.75, 3.05) is 33.3 Å². The predicted octanol–water partition coefficient (Wildman–Crippen LogP) is 3.67. The third kappa shape index (κ3) is 4.80.